The highest BCUT2D eigenvalue weighted by Crippen LogP contribution is 2.21. The zero-order valence-corrected chi connectivity index (χ0v) is 6.84. The summed E-state index contributed by atoms with van der Waals surface area (Å²) < 4.78 is 37.1. The molecule has 1 N–H and O–H groups in total. The van der Waals surface area contributed by atoms with Crippen LogP contribution in [0.1, 0.15) is 23.4 Å². The topological polar surface area (TPSA) is 56.9 Å². The van der Waals surface area contributed by atoms with Gasteiger partial charge in [-0.2, -0.15) is 5.26 Å². The minimum absolute atomic E-state index is 0.241. The fourth-order valence-electron chi connectivity index (χ4n) is 0.913. The number of pyridine rings is 1. The normalized spacial score (nSPS) is 10.3. The summed E-state index contributed by atoms with van der Waals surface area (Å²) >= 11 is 0. The molecule has 1 aromatic rings. The number of hydrogen-bond donors (Lipinski definition) is 1. The van der Waals surface area contributed by atoms with Crippen molar-refractivity contribution in [3.05, 3.63) is 28.8 Å². The van der Waals surface area contributed by atoms with Gasteiger partial charge in [-0.05, 0) is 6.07 Å². The van der Waals surface area contributed by atoms with Gasteiger partial charge in [0.25, 0.3) is 6.43 Å². The van der Waals surface area contributed by atoms with Crippen LogP contribution in [0.15, 0.2) is 6.07 Å². The van der Waals surface area contributed by atoms with E-state index in [1.165, 1.54) is 0 Å². The number of aromatic nitrogens is 1. The molecule has 0 aliphatic carbocycles. The molecule has 1 rings (SSSR count). The van der Waals surface area contributed by atoms with Crippen LogP contribution in [-0.2, 0) is 6.61 Å². The molecule has 0 saturated carbocycles. The van der Waals surface area contributed by atoms with E-state index in [2.05, 4.69) is 4.98 Å². The molecule has 0 unspecified atom stereocenters. The SMILES string of the molecule is N#Cc1cc(F)c(C(F)F)nc1CO. The number of alkyl halides is 2. The van der Waals surface area contributed by atoms with Crippen LogP contribution in [0.3, 0.4) is 0 Å². The van der Waals surface area contributed by atoms with Crippen molar-refractivity contribution in [2.24, 2.45) is 0 Å². The molecule has 0 saturated heterocycles. The van der Waals surface area contributed by atoms with Crippen LogP contribution >= 0.6 is 0 Å². The zero-order chi connectivity index (χ0) is 10.7. The summed E-state index contributed by atoms with van der Waals surface area (Å²) in [6.07, 6.45) is -3.06. The highest BCUT2D eigenvalue weighted by molar-refractivity contribution is 5.34. The molecule has 0 amide bonds. The van der Waals surface area contributed by atoms with Crippen LogP contribution in [-0.4, -0.2) is 10.1 Å². The first kappa shape index (κ1) is 10.5. The largest absolute Gasteiger partial charge is 0.390 e. The lowest BCUT2D eigenvalue weighted by Gasteiger charge is -2.04. The fraction of sp³-hybridized carbons (Fsp3) is 0.250. The standard InChI is InChI=1S/C8H5F3N2O/c9-5-1-4(2-12)6(3-14)13-7(5)8(10)11/h1,8,14H,3H2. The minimum atomic E-state index is -3.06. The van der Waals surface area contributed by atoms with E-state index in [0.717, 1.165) is 0 Å². The van der Waals surface area contributed by atoms with E-state index in [0.29, 0.717) is 6.07 Å². The van der Waals surface area contributed by atoms with Crippen LogP contribution in [0.25, 0.3) is 0 Å². The molecule has 0 aliphatic heterocycles. The molecule has 0 radical (unpaired) electrons. The molecule has 6 heteroatoms. The average molecular weight is 202 g/mol. The number of nitriles is 1. The van der Waals surface area contributed by atoms with E-state index in [9.17, 15) is 13.2 Å². The van der Waals surface area contributed by atoms with Crippen LogP contribution in [0.2, 0.25) is 0 Å². The van der Waals surface area contributed by atoms with Gasteiger partial charge in [0.05, 0.1) is 17.9 Å². The van der Waals surface area contributed by atoms with E-state index in [4.69, 9.17) is 10.4 Å². The summed E-state index contributed by atoms with van der Waals surface area (Å²) in [5, 5.41) is 17.1. The third-order valence-corrected chi connectivity index (χ3v) is 1.56. The van der Waals surface area contributed by atoms with E-state index in [1.54, 1.807) is 6.07 Å². The number of nitrogens with zero attached hydrogens (tertiary/aromatic N) is 2. The summed E-state index contributed by atoms with van der Waals surface area (Å²) in [4.78, 5) is 3.16. The maximum atomic E-state index is 12.8. The Kier molecular flexibility index (Phi) is 3.04. The third kappa shape index (κ3) is 1.83. The Morgan fingerprint density at radius 1 is 1.57 bits per heavy atom. The van der Waals surface area contributed by atoms with Gasteiger partial charge >= 0.3 is 0 Å². The van der Waals surface area contributed by atoms with Gasteiger partial charge in [0, 0.05) is 0 Å². The first-order chi connectivity index (χ1) is 6.60. The second-order valence-electron chi connectivity index (χ2n) is 2.42. The van der Waals surface area contributed by atoms with Crippen molar-refractivity contribution < 1.29 is 18.3 Å². The van der Waals surface area contributed by atoms with E-state index in [1.807, 2.05) is 0 Å². The second kappa shape index (κ2) is 4.07. The molecule has 0 aromatic carbocycles. The van der Waals surface area contributed by atoms with E-state index < -0.39 is 24.5 Å². The first-order valence-corrected chi connectivity index (χ1v) is 3.58. The Balaban J connectivity index is 3.32. The highest BCUT2D eigenvalue weighted by Gasteiger charge is 2.18. The van der Waals surface area contributed by atoms with Gasteiger partial charge < -0.3 is 5.11 Å². The summed E-state index contributed by atoms with van der Waals surface area (Å²) in [5.74, 6) is -1.24. The number of rotatable bonds is 2. The van der Waals surface area contributed by atoms with Crippen molar-refractivity contribution in [2.45, 2.75) is 13.0 Å². The summed E-state index contributed by atoms with van der Waals surface area (Å²) in [5.41, 5.74) is -1.54. The number of hydrogen-bond acceptors (Lipinski definition) is 3. The Morgan fingerprint density at radius 2 is 2.21 bits per heavy atom. The van der Waals surface area contributed by atoms with Crippen LogP contribution in [0, 0.1) is 17.1 Å². The van der Waals surface area contributed by atoms with Crippen molar-refractivity contribution in [1.82, 2.24) is 4.98 Å². The monoisotopic (exact) mass is 202 g/mol. The van der Waals surface area contributed by atoms with Gasteiger partial charge in [0.1, 0.15) is 11.8 Å². The van der Waals surface area contributed by atoms with Gasteiger partial charge in [-0.15, -0.1) is 0 Å². The minimum Gasteiger partial charge on any atom is -0.390 e. The molecule has 3 nitrogen and oxygen atoms in total. The molecule has 0 atom stereocenters. The smallest absolute Gasteiger partial charge is 0.283 e. The molecule has 0 bridgehead atoms. The molecular weight excluding hydrogens is 197 g/mol. The molecule has 1 aromatic heterocycles. The van der Waals surface area contributed by atoms with Crippen molar-refractivity contribution in [1.29, 1.82) is 5.26 Å². The van der Waals surface area contributed by atoms with Crippen LogP contribution in [0.4, 0.5) is 13.2 Å². The Hall–Kier alpha value is -1.61. The van der Waals surface area contributed by atoms with Crippen molar-refractivity contribution in [2.75, 3.05) is 0 Å². The number of aliphatic hydroxyl groups excluding tert-OH is 1. The average Bonchev–Trinajstić information content (AvgIpc) is 2.16. The van der Waals surface area contributed by atoms with Gasteiger partial charge in [-0.1, -0.05) is 0 Å². The lowest BCUT2D eigenvalue weighted by molar-refractivity contribution is 0.139. The predicted molar refractivity (Wildman–Crippen MR) is 39.8 cm³/mol. The number of aliphatic hydroxyl groups is 1. The van der Waals surface area contributed by atoms with Gasteiger partial charge in [-0.25, -0.2) is 18.2 Å². The molecule has 0 spiro atoms. The van der Waals surface area contributed by atoms with E-state index in [-0.39, 0.29) is 11.3 Å². The fourth-order valence-corrected chi connectivity index (χ4v) is 0.913. The second-order valence-corrected chi connectivity index (χ2v) is 2.42. The van der Waals surface area contributed by atoms with Crippen LogP contribution in [0.5, 0.6) is 0 Å². The van der Waals surface area contributed by atoms with Gasteiger partial charge in [0.15, 0.2) is 5.82 Å². The highest BCUT2D eigenvalue weighted by atomic mass is 19.3. The van der Waals surface area contributed by atoms with Crippen molar-refractivity contribution in [3.63, 3.8) is 0 Å². The molecular formula is C8H5F3N2O. The van der Waals surface area contributed by atoms with Crippen LogP contribution < -0.4 is 0 Å². The molecule has 0 fully saturated rings. The third-order valence-electron chi connectivity index (χ3n) is 1.56. The van der Waals surface area contributed by atoms with Crippen molar-refractivity contribution >= 4 is 0 Å². The maximum Gasteiger partial charge on any atom is 0.283 e. The Bertz CT molecular complexity index is 386. The molecule has 74 valence electrons. The maximum absolute atomic E-state index is 12.8. The first-order valence-electron chi connectivity index (χ1n) is 3.58. The Morgan fingerprint density at radius 3 is 2.64 bits per heavy atom. The lowest BCUT2D eigenvalue weighted by atomic mass is 10.2. The van der Waals surface area contributed by atoms with Gasteiger partial charge in [-0.3, -0.25) is 0 Å². The lowest BCUT2D eigenvalue weighted by Crippen LogP contribution is -2.03. The van der Waals surface area contributed by atoms with Crippen molar-refractivity contribution in [3.8, 4) is 6.07 Å². The van der Waals surface area contributed by atoms with E-state index >= 15 is 0 Å². The molecule has 0 aliphatic rings. The molecule has 14 heavy (non-hydrogen) atoms. The Labute approximate surface area is 77.4 Å². The number of halogens is 3. The molecule has 1 heterocycles. The van der Waals surface area contributed by atoms with Gasteiger partial charge in [0.2, 0.25) is 0 Å². The predicted octanol–water partition coefficient (Wildman–Crippen LogP) is 1.52. The quantitative estimate of drug-likeness (QED) is 0.790. The zero-order valence-electron chi connectivity index (χ0n) is 6.84. The summed E-state index contributed by atoms with van der Waals surface area (Å²) in [6.45, 7) is -0.678. The summed E-state index contributed by atoms with van der Waals surface area (Å²) in [6, 6.07) is 2.19. The summed E-state index contributed by atoms with van der Waals surface area (Å²) in [7, 11) is 0.